The van der Waals surface area contributed by atoms with Crippen molar-refractivity contribution in [3.63, 3.8) is 0 Å². The minimum absolute atomic E-state index is 0.0132. The first kappa shape index (κ1) is 24.2. The lowest BCUT2D eigenvalue weighted by Crippen LogP contribution is -2.16. The molecule has 0 radical (unpaired) electrons. The van der Waals surface area contributed by atoms with Crippen molar-refractivity contribution < 1.29 is 27.5 Å². The first-order valence-electron chi connectivity index (χ1n) is 11.1. The molecule has 3 aromatic heterocycles. The van der Waals surface area contributed by atoms with Crippen LogP contribution in [0.4, 0.5) is 14.5 Å². The van der Waals surface area contributed by atoms with E-state index in [1.165, 1.54) is 12.1 Å². The highest BCUT2D eigenvalue weighted by Gasteiger charge is 2.32. The van der Waals surface area contributed by atoms with E-state index in [1.807, 2.05) is 6.92 Å². The number of rotatable bonds is 8. The van der Waals surface area contributed by atoms with Crippen LogP contribution in [0, 0.1) is 6.92 Å². The van der Waals surface area contributed by atoms with Crippen LogP contribution in [-0.4, -0.2) is 16.8 Å². The Hall–Kier alpha value is -3.50. The van der Waals surface area contributed by atoms with Crippen LogP contribution in [-0.2, 0) is 6.61 Å². The molecule has 1 aliphatic carbocycles. The molecule has 1 saturated carbocycles. The molecule has 186 valence electrons. The molecule has 3 N–H and O–H groups in total. The molecule has 5 rings (SSSR count). The summed E-state index contributed by atoms with van der Waals surface area (Å²) in [6.07, 6.45) is -1.11. The predicted octanol–water partition coefficient (Wildman–Crippen LogP) is 6.60. The number of amides is 2. The van der Waals surface area contributed by atoms with Gasteiger partial charge in [0.2, 0.25) is 0 Å². The number of nitrogens with two attached hydrogens (primary N) is 1. The first-order chi connectivity index (χ1) is 17.2. The monoisotopic (exact) mass is 531 g/mol. The molecule has 1 aliphatic rings. The number of nitrogens with one attached hydrogen (secondary N) is 1. The maximum atomic E-state index is 13.4. The van der Waals surface area contributed by atoms with Crippen LogP contribution in [0.5, 0.6) is 5.75 Å². The van der Waals surface area contributed by atoms with Crippen molar-refractivity contribution in [3.05, 3.63) is 74.6 Å². The fourth-order valence-corrected chi connectivity index (χ4v) is 5.02. The summed E-state index contributed by atoms with van der Waals surface area (Å²) in [4.78, 5) is 29.5. The van der Waals surface area contributed by atoms with Crippen LogP contribution in [0.1, 0.15) is 68.0 Å². The maximum Gasteiger partial charge on any atom is 0.291 e. The molecule has 0 atom stereocenters. The molecule has 4 aromatic rings. The molecule has 0 aliphatic heterocycles. The van der Waals surface area contributed by atoms with E-state index < -0.39 is 18.2 Å². The van der Waals surface area contributed by atoms with E-state index in [4.69, 9.17) is 26.5 Å². The summed E-state index contributed by atoms with van der Waals surface area (Å²) in [5, 5.41) is 3.78. The van der Waals surface area contributed by atoms with Gasteiger partial charge in [-0.1, -0.05) is 11.6 Å². The van der Waals surface area contributed by atoms with Crippen LogP contribution in [0.25, 0.3) is 10.2 Å². The number of carbonyl (C=O) groups excluding carboxylic acids is 2. The number of hydrogen-bond donors (Lipinski definition) is 2. The van der Waals surface area contributed by atoms with Crippen molar-refractivity contribution in [2.24, 2.45) is 5.73 Å². The number of aryl methyl sites for hydroxylation is 1. The van der Waals surface area contributed by atoms with Gasteiger partial charge in [0, 0.05) is 10.4 Å². The molecule has 1 aromatic carbocycles. The molecule has 11 heteroatoms. The number of carbonyl (C=O) groups is 2. The highest BCUT2D eigenvalue weighted by Crippen LogP contribution is 2.48. The number of thiophene rings is 1. The van der Waals surface area contributed by atoms with Crippen molar-refractivity contribution in [3.8, 4) is 5.75 Å². The fourth-order valence-electron chi connectivity index (χ4n) is 3.88. The highest BCUT2D eigenvalue weighted by atomic mass is 35.5. The number of nitrogens with zero attached hydrogens (tertiary/aromatic N) is 1. The molecule has 0 unspecified atom stereocenters. The Balaban J connectivity index is 1.41. The Morgan fingerprint density at radius 3 is 2.72 bits per heavy atom. The van der Waals surface area contributed by atoms with E-state index in [1.54, 1.807) is 24.3 Å². The smallest absolute Gasteiger partial charge is 0.291 e. The third kappa shape index (κ3) is 4.78. The Bertz CT molecular complexity index is 1500. The van der Waals surface area contributed by atoms with Gasteiger partial charge in [-0.15, -0.1) is 11.3 Å². The number of ether oxygens (including phenoxy) is 1. The zero-order chi connectivity index (χ0) is 25.6. The van der Waals surface area contributed by atoms with E-state index in [0.29, 0.717) is 27.5 Å². The van der Waals surface area contributed by atoms with Gasteiger partial charge in [-0.2, -0.15) is 0 Å². The first-order valence-corrected chi connectivity index (χ1v) is 12.2. The second-order valence-corrected chi connectivity index (χ2v) is 9.89. The average molecular weight is 532 g/mol. The van der Waals surface area contributed by atoms with E-state index in [2.05, 4.69) is 10.3 Å². The zero-order valence-corrected chi connectivity index (χ0v) is 20.5. The lowest BCUT2D eigenvalue weighted by atomic mass is 10.0. The van der Waals surface area contributed by atoms with Crippen LogP contribution >= 0.6 is 22.9 Å². The average Bonchev–Trinajstić information content (AvgIpc) is 3.46. The van der Waals surface area contributed by atoms with Gasteiger partial charge in [0.15, 0.2) is 5.76 Å². The second kappa shape index (κ2) is 9.51. The second-order valence-electron chi connectivity index (χ2n) is 8.48. The summed E-state index contributed by atoms with van der Waals surface area (Å²) < 4.78 is 38.2. The maximum absolute atomic E-state index is 13.4. The quantitative estimate of drug-likeness (QED) is 0.266. The summed E-state index contributed by atoms with van der Waals surface area (Å²) in [5.41, 5.74) is 6.83. The molecular weight excluding hydrogens is 512 g/mol. The lowest BCUT2D eigenvalue weighted by Gasteiger charge is -2.09. The predicted molar refractivity (Wildman–Crippen MR) is 132 cm³/mol. The minimum Gasteiger partial charge on any atom is -0.486 e. The number of pyridine rings is 1. The van der Waals surface area contributed by atoms with Gasteiger partial charge in [0.25, 0.3) is 18.2 Å². The van der Waals surface area contributed by atoms with Gasteiger partial charge >= 0.3 is 0 Å². The number of anilines is 1. The van der Waals surface area contributed by atoms with Gasteiger partial charge < -0.3 is 20.2 Å². The Morgan fingerprint density at radius 1 is 1.28 bits per heavy atom. The van der Waals surface area contributed by atoms with Gasteiger partial charge in [-0.3, -0.25) is 9.59 Å². The Kier molecular flexibility index (Phi) is 6.40. The third-order valence-electron chi connectivity index (χ3n) is 5.81. The largest absolute Gasteiger partial charge is 0.486 e. The van der Waals surface area contributed by atoms with E-state index >= 15 is 0 Å². The summed E-state index contributed by atoms with van der Waals surface area (Å²) in [6.45, 7) is 1.94. The Morgan fingerprint density at radius 2 is 2.06 bits per heavy atom. The SMILES string of the molecule is Cc1cc(OCc2ccc(C(=O)Nc3c(C(N)=O)sc4nc(C(F)F)cc(C5CC5)c34)o2)ccc1Cl. The van der Waals surface area contributed by atoms with Crippen LogP contribution in [0.15, 0.2) is 40.8 Å². The van der Waals surface area contributed by atoms with Crippen molar-refractivity contribution in [1.82, 2.24) is 4.98 Å². The summed E-state index contributed by atoms with van der Waals surface area (Å²) in [6, 6.07) is 9.67. The molecule has 2 amide bonds. The van der Waals surface area contributed by atoms with Crippen molar-refractivity contribution in [2.75, 3.05) is 5.32 Å². The number of hydrogen-bond acceptors (Lipinski definition) is 6. The van der Waals surface area contributed by atoms with E-state index in [-0.39, 0.29) is 39.4 Å². The molecule has 7 nitrogen and oxygen atoms in total. The highest BCUT2D eigenvalue weighted by molar-refractivity contribution is 7.21. The summed E-state index contributed by atoms with van der Waals surface area (Å²) >= 11 is 6.91. The number of primary amides is 1. The van der Waals surface area contributed by atoms with E-state index in [0.717, 1.165) is 29.7 Å². The summed E-state index contributed by atoms with van der Waals surface area (Å²) in [5.74, 6) is -0.368. The third-order valence-corrected chi connectivity index (χ3v) is 7.33. The van der Waals surface area contributed by atoms with Gasteiger partial charge in [-0.05, 0) is 73.2 Å². The van der Waals surface area contributed by atoms with E-state index in [9.17, 15) is 18.4 Å². The van der Waals surface area contributed by atoms with Crippen LogP contribution < -0.4 is 15.8 Å². The molecule has 0 spiro atoms. The molecule has 0 bridgehead atoms. The number of benzene rings is 1. The normalized spacial score (nSPS) is 13.4. The topological polar surface area (TPSA) is 107 Å². The number of fused-ring (bicyclic) bond motifs is 1. The van der Waals surface area contributed by atoms with Crippen molar-refractivity contribution >= 4 is 50.7 Å². The Labute approximate surface area is 213 Å². The van der Waals surface area contributed by atoms with Crippen LogP contribution in [0.2, 0.25) is 5.02 Å². The van der Waals surface area contributed by atoms with Gasteiger partial charge in [-0.25, -0.2) is 13.8 Å². The molecule has 0 saturated heterocycles. The van der Waals surface area contributed by atoms with Gasteiger partial charge in [0.05, 0.1) is 5.69 Å². The van der Waals surface area contributed by atoms with Gasteiger partial charge in [0.1, 0.15) is 33.5 Å². The van der Waals surface area contributed by atoms with Crippen molar-refractivity contribution in [2.45, 2.75) is 38.7 Å². The minimum atomic E-state index is -2.76. The molecular formula is C25H20ClF2N3O4S. The van der Waals surface area contributed by atoms with Crippen molar-refractivity contribution in [1.29, 1.82) is 0 Å². The molecule has 3 heterocycles. The van der Waals surface area contributed by atoms with Crippen LogP contribution in [0.3, 0.4) is 0 Å². The fraction of sp³-hybridized carbons (Fsp3) is 0.240. The molecule has 36 heavy (non-hydrogen) atoms. The number of aromatic nitrogens is 1. The summed E-state index contributed by atoms with van der Waals surface area (Å²) in [7, 11) is 0. The zero-order valence-electron chi connectivity index (χ0n) is 18.9. The number of halogens is 3. The molecule has 1 fully saturated rings. The lowest BCUT2D eigenvalue weighted by molar-refractivity contribution is 0.0992. The number of alkyl halides is 2. The standard InChI is InChI=1S/C25H20ClF2N3O4S/c1-11-8-13(4-6-16(11)26)34-10-14-5-7-18(35-14)24(33)31-20-19-15(12-2-3-12)9-17(22(27)28)30-25(19)36-21(20)23(29)32/h4-9,12,22H,2-3,10H2,1H3,(H2,29,32)(H,31,33). The number of furan rings is 1.